The van der Waals surface area contributed by atoms with Gasteiger partial charge >= 0.3 is 0 Å². The molecule has 5 nitrogen and oxygen atoms in total. The van der Waals surface area contributed by atoms with Gasteiger partial charge in [0.25, 0.3) is 15.0 Å². The zero-order chi connectivity index (χ0) is 15.8. The van der Waals surface area contributed by atoms with Gasteiger partial charge in [0.05, 0.1) is 0 Å². The number of nitrogens with one attached hydrogen (secondary N) is 1. The van der Waals surface area contributed by atoms with E-state index in [9.17, 15) is 13.2 Å². The first kappa shape index (κ1) is 16.4. The molecule has 1 saturated carbocycles. The summed E-state index contributed by atoms with van der Waals surface area (Å²) in [5.41, 5.74) is 0.367. The predicted molar refractivity (Wildman–Crippen MR) is 82.1 cm³/mol. The number of carbonyl (C=O) groups is 1. The van der Waals surface area contributed by atoms with Crippen LogP contribution in [-0.2, 0) is 9.05 Å². The van der Waals surface area contributed by atoms with E-state index in [0.717, 1.165) is 19.3 Å². The molecule has 118 valence electrons. The lowest BCUT2D eigenvalue weighted by Crippen LogP contribution is -2.37. The molecule has 0 bridgehead atoms. The lowest BCUT2D eigenvalue weighted by atomic mass is 9.93. The summed E-state index contributed by atoms with van der Waals surface area (Å²) < 4.78 is 24.8. The van der Waals surface area contributed by atoms with E-state index in [1.54, 1.807) is 4.57 Å². The average molecular weight is 333 g/mol. The molecule has 1 amide bonds. The van der Waals surface area contributed by atoms with Gasteiger partial charge in [-0.3, -0.25) is 4.79 Å². The van der Waals surface area contributed by atoms with Crippen LogP contribution in [0.5, 0.6) is 0 Å². The second kappa shape index (κ2) is 6.01. The Kier molecular flexibility index (Phi) is 4.68. The molecule has 0 radical (unpaired) electrons. The molecule has 21 heavy (non-hydrogen) atoms. The molecular formula is C14H21ClN2O3S. The van der Waals surface area contributed by atoms with E-state index in [0.29, 0.717) is 11.6 Å². The molecule has 1 aliphatic rings. The maximum absolute atomic E-state index is 12.4. The molecule has 1 aromatic heterocycles. The van der Waals surface area contributed by atoms with E-state index in [2.05, 4.69) is 5.32 Å². The number of amides is 1. The summed E-state index contributed by atoms with van der Waals surface area (Å²) in [5.74, 6) is 0.0481. The molecule has 1 unspecified atom stereocenters. The van der Waals surface area contributed by atoms with Crippen LogP contribution in [0, 0.1) is 5.92 Å². The van der Waals surface area contributed by atoms with Crippen LogP contribution in [0.25, 0.3) is 0 Å². The zero-order valence-corrected chi connectivity index (χ0v) is 14.0. The van der Waals surface area contributed by atoms with Gasteiger partial charge in [0, 0.05) is 29.0 Å². The molecule has 1 atom stereocenters. The molecule has 1 N–H and O–H groups in total. The van der Waals surface area contributed by atoms with Crippen molar-refractivity contribution in [1.29, 1.82) is 0 Å². The number of carbonyl (C=O) groups excluding carboxylic acids is 1. The average Bonchev–Trinajstić information content (AvgIpc) is 2.70. The van der Waals surface area contributed by atoms with Crippen LogP contribution in [-0.4, -0.2) is 24.9 Å². The van der Waals surface area contributed by atoms with E-state index in [4.69, 9.17) is 10.7 Å². The van der Waals surface area contributed by atoms with E-state index >= 15 is 0 Å². The summed E-state index contributed by atoms with van der Waals surface area (Å²) in [4.78, 5) is 12.4. The maximum atomic E-state index is 12.4. The molecule has 1 fully saturated rings. The number of halogens is 1. The van der Waals surface area contributed by atoms with Crippen molar-refractivity contribution in [1.82, 2.24) is 9.88 Å². The third-order valence-electron chi connectivity index (χ3n) is 4.16. The highest BCUT2D eigenvalue weighted by Gasteiger charge is 2.28. The van der Waals surface area contributed by atoms with Crippen molar-refractivity contribution < 1.29 is 13.2 Å². The smallest absolute Gasteiger partial charge is 0.268 e. The number of hydrogen-bond acceptors (Lipinski definition) is 3. The highest BCUT2D eigenvalue weighted by atomic mass is 35.7. The highest BCUT2D eigenvalue weighted by molar-refractivity contribution is 8.13. The first-order valence-electron chi connectivity index (χ1n) is 7.17. The lowest BCUT2D eigenvalue weighted by molar-refractivity contribution is 0.0915. The van der Waals surface area contributed by atoms with Crippen LogP contribution in [0.2, 0.25) is 0 Å². The van der Waals surface area contributed by atoms with Crippen LogP contribution < -0.4 is 5.32 Å². The minimum absolute atomic E-state index is 0.0123. The Bertz CT molecular complexity index is 633. The molecule has 0 spiro atoms. The van der Waals surface area contributed by atoms with Gasteiger partial charge in [-0.25, -0.2) is 8.42 Å². The summed E-state index contributed by atoms with van der Waals surface area (Å²) in [7, 11) is 1.57. The predicted octanol–water partition coefficient (Wildman–Crippen LogP) is 2.91. The SMILES string of the molecule is CC(C)C(C)NC(=O)c1cc(S(=O)(=O)Cl)cn1C1CCC1. The number of hydrogen-bond donors (Lipinski definition) is 1. The van der Waals surface area contributed by atoms with Crippen molar-refractivity contribution in [3.8, 4) is 0 Å². The molecule has 0 aliphatic heterocycles. The molecule has 0 saturated heterocycles. The maximum Gasteiger partial charge on any atom is 0.268 e. The van der Waals surface area contributed by atoms with Crippen molar-refractivity contribution in [3.63, 3.8) is 0 Å². The van der Waals surface area contributed by atoms with Crippen LogP contribution in [0.4, 0.5) is 0 Å². The van der Waals surface area contributed by atoms with Crippen molar-refractivity contribution in [2.75, 3.05) is 0 Å². The van der Waals surface area contributed by atoms with Gasteiger partial charge in [0.15, 0.2) is 0 Å². The Hall–Kier alpha value is -1.01. The molecule has 2 rings (SSSR count). The number of nitrogens with zero attached hydrogens (tertiary/aromatic N) is 1. The summed E-state index contributed by atoms with van der Waals surface area (Å²) in [5, 5.41) is 2.91. The normalized spacial score (nSPS) is 17.6. The largest absolute Gasteiger partial charge is 0.348 e. The fourth-order valence-electron chi connectivity index (χ4n) is 2.18. The van der Waals surface area contributed by atoms with E-state index < -0.39 is 9.05 Å². The second-order valence-corrected chi connectivity index (χ2v) is 8.56. The highest BCUT2D eigenvalue weighted by Crippen LogP contribution is 2.34. The van der Waals surface area contributed by atoms with Crippen molar-refractivity contribution in [2.45, 2.75) is 57.0 Å². The molecule has 1 aromatic rings. The van der Waals surface area contributed by atoms with Crippen molar-refractivity contribution in [2.24, 2.45) is 5.92 Å². The standard InChI is InChI=1S/C14H21ClN2O3S/c1-9(2)10(3)16-14(18)13-7-12(21(15,19)20)8-17(13)11-5-4-6-11/h7-11H,4-6H2,1-3H3,(H,16,18). The molecule has 1 aliphatic carbocycles. The van der Waals surface area contributed by atoms with Crippen LogP contribution >= 0.6 is 10.7 Å². The minimum atomic E-state index is -3.83. The van der Waals surface area contributed by atoms with Gasteiger partial charge in [-0.2, -0.15) is 0 Å². The monoisotopic (exact) mass is 332 g/mol. The third kappa shape index (κ3) is 3.61. The summed E-state index contributed by atoms with van der Waals surface area (Å²) in [6.45, 7) is 5.97. The number of rotatable bonds is 5. The van der Waals surface area contributed by atoms with Gasteiger partial charge in [-0.05, 0) is 38.2 Å². The Labute approximate surface area is 130 Å². The molecular weight excluding hydrogens is 312 g/mol. The summed E-state index contributed by atoms with van der Waals surface area (Å²) in [6.07, 6.45) is 4.48. The molecule has 7 heteroatoms. The molecule has 1 heterocycles. The first-order valence-corrected chi connectivity index (χ1v) is 9.48. The van der Waals surface area contributed by atoms with Crippen LogP contribution in [0.1, 0.15) is 56.6 Å². The fraction of sp³-hybridized carbons (Fsp3) is 0.643. The summed E-state index contributed by atoms with van der Waals surface area (Å²) in [6, 6.07) is 1.56. The Morgan fingerprint density at radius 3 is 2.43 bits per heavy atom. The van der Waals surface area contributed by atoms with Gasteiger partial charge < -0.3 is 9.88 Å². The Balaban J connectivity index is 2.32. The van der Waals surface area contributed by atoms with E-state index in [-0.39, 0.29) is 22.9 Å². The lowest BCUT2D eigenvalue weighted by Gasteiger charge is -2.29. The minimum Gasteiger partial charge on any atom is -0.348 e. The third-order valence-corrected chi connectivity index (χ3v) is 5.49. The van der Waals surface area contributed by atoms with Crippen LogP contribution in [0.15, 0.2) is 17.2 Å². The fourth-order valence-corrected chi connectivity index (χ4v) is 2.93. The quantitative estimate of drug-likeness (QED) is 0.843. The number of aromatic nitrogens is 1. The van der Waals surface area contributed by atoms with Gasteiger partial charge in [0.2, 0.25) is 0 Å². The van der Waals surface area contributed by atoms with Crippen molar-refractivity contribution >= 4 is 25.6 Å². The van der Waals surface area contributed by atoms with E-state index in [1.165, 1.54) is 12.3 Å². The van der Waals surface area contributed by atoms with Gasteiger partial charge in [0.1, 0.15) is 10.6 Å². The first-order chi connectivity index (χ1) is 9.70. The van der Waals surface area contributed by atoms with E-state index in [1.807, 2.05) is 20.8 Å². The topological polar surface area (TPSA) is 68.2 Å². The second-order valence-electron chi connectivity index (χ2n) is 6.00. The molecule has 0 aromatic carbocycles. The van der Waals surface area contributed by atoms with Gasteiger partial charge in [-0.15, -0.1) is 0 Å². The Morgan fingerprint density at radius 1 is 1.38 bits per heavy atom. The Morgan fingerprint density at radius 2 is 2.00 bits per heavy atom. The zero-order valence-electron chi connectivity index (χ0n) is 12.5. The van der Waals surface area contributed by atoms with Gasteiger partial charge in [-0.1, -0.05) is 13.8 Å². The van der Waals surface area contributed by atoms with Crippen molar-refractivity contribution in [3.05, 3.63) is 18.0 Å². The summed E-state index contributed by atoms with van der Waals surface area (Å²) >= 11 is 0. The van der Waals surface area contributed by atoms with Crippen LogP contribution in [0.3, 0.4) is 0 Å².